The van der Waals surface area contributed by atoms with Gasteiger partial charge in [-0.05, 0) is 36.0 Å². The number of aromatic nitrogens is 3. The lowest BCUT2D eigenvalue weighted by molar-refractivity contribution is -0.388. The van der Waals surface area contributed by atoms with Crippen LogP contribution in [0.2, 0.25) is 0 Å². The van der Waals surface area contributed by atoms with Gasteiger partial charge in [0.2, 0.25) is 15.2 Å². The summed E-state index contributed by atoms with van der Waals surface area (Å²) in [6.07, 6.45) is 1.75. The molecular formula is C16H17N5O4S2. The fraction of sp³-hybridized carbons (Fsp3) is 0.250. The molecule has 0 aliphatic rings. The third-order valence-electron chi connectivity index (χ3n) is 3.95. The van der Waals surface area contributed by atoms with Crippen molar-refractivity contribution in [1.29, 1.82) is 0 Å². The van der Waals surface area contributed by atoms with E-state index in [1.165, 1.54) is 16.4 Å². The Morgan fingerprint density at radius 3 is 2.59 bits per heavy atom. The van der Waals surface area contributed by atoms with Gasteiger partial charge < -0.3 is 0 Å². The van der Waals surface area contributed by atoms with E-state index in [0.29, 0.717) is 10.8 Å². The van der Waals surface area contributed by atoms with E-state index < -0.39 is 14.9 Å². The molecule has 2 aromatic heterocycles. The molecule has 3 rings (SSSR count). The van der Waals surface area contributed by atoms with E-state index in [1.807, 2.05) is 6.07 Å². The van der Waals surface area contributed by atoms with Crippen molar-refractivity contribution in [3.8, 4) is 0 Å². The molecule has 0 unspecified atom stereocenters. The number of benzene rings is 1. The molecule has 0 N–H and O–H groups in total. The number of fused-ring (bicyclic) bond motifs is 1. The van der Waals surface area contributed by atoms with Gasteiger partial charge in [0.05, 0.1) is 14.7 Å². The Bertz CT molecular complexity index is 1090. The van der Waals surface area contributed by atoms with Crippen LogP contribution in [0.1, 0.15) is 13.8 Å². The van der Waals surface area contributed by atoms with Crippen LogP contribution < -0.4 is 0 Å². The molecule has 0 spiro atoms. The van der Waals surface area contributed by atoms with Crippen LogP contribution in [0.5, 0.6) is 0 Å². The van der Waals surface area contributed by atoms with Crippen molar-refractivity contribution in [3.05, 3.63) is 52.7 Å². The molecule has 11 heteroatoms. The molecule has 142 valence electrons. The van der Waals surface area contributed by atoms with E-state index in [4.69, 9.17) is 0 Å². The molecule has 0 radical (unpaired) electrons. The Hall–Kier alpha value is -2.50. The second kappa shape index (κ2) is 7.62. The average molecular weight is 407 g/mol. The van der Waals surface area contributed by atoms with E-state index in [9.17, 15) is 18.5 Å². The zero-order chi connectivity index (χ0) is 19.6. The highest BCUT2D eigenvalue weighted by atomic mass is 32.2. The van der Waals surface area contributed by atoms with E-state index in [0.717, 1.165) is 17.8 Å². The summed E-state index contributed by atoms with van der Waals surface area (Å²) in [5.41, 5.74) is 0.323. The molecule has 0 saturated heterocycles. The molecule has 2 heterocycles. The van der Waals surface area contributed by atoms with Crippen molar-refractivity contribution in [1.82, 2.24) is 18.9 Å². The van der Waals surface area contributed by atoms with Crippen LogP contribution in [-0.4, -0.2) is 45.3 Å². The summed E-state index contributed by atoms with van der Waals surface area (Å²) in [7, 11) is -3.78. The number of nitrogens with zero attached hydrogens (tertiary/aromatic N) is 5. The predicted molar refractivity (Wildman–Crippen MR) is 100 cm³/mol. The zero-order valence-electron chi connectivity index (χ0n) is 14.6. The minimum Gasteiger partial charge on any atom is -0.277 e. The van der Waals surface area contributed by atoms with Gasteiger partial charge in [0, 0.05) is 25.4 Å². The normalized spacial score (nSPS) is 12.0. The fourth-order valence-corrected chi connectivity index (χ4v) is 4.97. The van der Waals surface area contributed by atoms with Gasteiger partial charge in [-0.25, -0.2) is 8.42 Å². The number of sulfonamides is 1. The van der Waals surface area contributed by atoms with Gasteiger partial charge >= 0.3 is 0 Å². The third-order valence-corrected chi connectivity index (χ3v) is 7.03. The van der Waals surface area contributed by atoms with E-state index in [2.05, 4.69) is 10.2 Å². The minimum absolute atomic E-state index is 0.103. The Morgan fingerprint density at radius 2 is 1.93 bits per heavy atom. The van der Waals surface area contributed by atoms with Gasteiger partial charge in [-0.15, -0.1) is 10.2 Å². The number of nitro benzene ring substituents is 1. The second-order valence-corrected chi connectivity index (χ2v) is 8.44. The van der Waals surface area contributed by atoms with Crippen LogP contribution in [0.3, 0.4) is 0 Å². The Balaban J connectivity index is 2.03. The highest BCUT2D eigenvalue weighted by Crippen LogP contribution is 2.36. The van der Waals surface area contributed by atoms with Crippen molar-refractivity contribution in [3.63, 3.8) is 0 Å². The first-order chi connectivity index (χ1) is 12.9. The molecule has 3 aromatic rings. The Labute approximate surface area is 160 Å². The summed E-state index contributed by atoms with van der Waals surface area (Å²) in [5, 5.41) is 20.0. The van der Waals surface area contributed by atoms with Crippen molar-refractivity contribution in [2.24, 2.45) is 0 Å². The van der Waals surface area contributed by atoms with E-state index in [1.54, 1.807) is 36.6 Å². The molecule has 0 amide bonds. The SMILES string of the molecule is CCN(CC)S(=O)(=O)c1ccc(Sc2nnc3ccccn23)c([N+](=O)[O-])c1. The van der Waals surface area contributed by atoms with Gasteiger partial charge in [0.15, 0.2) is 5.65 Å². The van der Waals surface area contributed by atoms with E-state index in [-0.39, 0.29) is 28.6 Å². The molecular weight excluding hydrogens is 390 g/mol. The highest BCUT2D eigenvalue weighted by molar-refractivity contribution is 7.99. The number of nitro groups is 1. The maximum absolute atomic E-state index is 12.6. The highest BCUT2D eigenvalue weighted by Gasteiger charge is 2.26. The van der Waals surface area contributed by atoms with Crippen LogP contribution in [0.4, 0.5) is 5.69 Å². The summed E-state index contributed by atoms with van der Waals surface area (Å²) in [6, 6.07) is 9.29. The lowest BCUT2D eigenvalue weighted by Crippen LogP contribution is -2.30. The Morgan fingerprint density at radius 1 is 1.19 bits per heavy atom. The van der Waals surface area contributed by atoms with Gasteiger partial charge in [-0.2, -0.15) is 4.31 Å². The molecule has 0 fully saturated rings. The van der Waals surface area contributed by atoms with Crippen molar-refractivity contribution >= 4 is 33.1 Å². The van der Waals surface area contributed by atoms with Gasteiger partial charge in [-0.3, -0.25) is 14.5 Å². The molecule has 0 bridgehead atoms. The first-order valence-corrected chi connectivity index (χ1v) is 10.4. The number of pyridine rings is 1. The smallest absolute Gasteiger partial charge is 0.277 e. The number of rotatable bonds is 7. The molecule has 1 aromatic carbocycles. The van der Waals surface area contributed by atoms with Gasteiger partial charge in [0.25, 0.3) is 5.69 Å². The van der Waals surface area contributed by atoms with Crippen LogP contribution >= 0.6 is 11.8 Å². The van der Waals surface area contributed by atoms with Crippen LogP contribution in [0.15, 0.2) is 57.5 Å². The fourth-order valence-electron chi connectivity index (χ4n) is 2.59. The first-order valence-electron chi connectivity index (χ1n) is 8.14. The van der Waals surface area contributed by atoms with E-state index >= 15 is 0 Å². The summed E-state index contributed by atoms with van der Waals surface area (Å²) in [4.78, 5) is 11.1. The summed E-state index contributed by atoms with van der Waals surface area (Å²) < 4.78 is 28.2. The summed E-state index contributed by atoms with van der Waals surface area (Å²) >= 11 is 1.06. The predicted octanol–water partition coefficient (Wildman–Crippen LogP) is 2.82. The third kappa shape index (κ3) is 3.66. The standard InChI is InChI=1S/C16H17N5O4S2/c1-3-19(4-2)27(24,25)12-8-9-14(13(11-12)21(22)23)26-16-18-17-15-7-5-6-10-20(15)16/h5-11H,3-4H2,1-2H3. The van der Waals surface area contributed by atoms with Crippen LogP contribution in [0, 0.1) is 10.1 Å². The topological polar surface area (TPSA) is 111 Å². The van der Waals surface area contributed by atoms with Crippen molar-refractivity contribution in [2.75, 3.05) is 13.1 Å². The molecule has 0 aliphatic heterocycles. The molecule has 9 nitrogen and oxygen atoms in total. The van der Waals surface area contributed by atoms with Gasteiger partial charge in [-0.1, -0.05) is 19.9 Å². The molecule has 0 aliphatic carbocycles. The second-order valence-electron chi connectivity index (χ2n) is 5.49. The minimum atomic E-state index is -3.78. The number of hydrogen-bond acceptors (Lipinski definition) is 7. The van der Waals surface area contributed by atoms with Crippen molar-refractivity contribution < 1.29 is 13.3 Å². The molecule has 27 heavy (non-hydrogen) atoms. The zero-order valence-corrected chi connectivity index (χ0v) is 16.3. The van der Waals surface area contributed by atoms with Crippen LogP contribution in [0.25, 0.3) is 5.65 Å². The summed E-state index contributed by atoms with van der Waals surface area (Å²) in [5.74, 6) is 0. The van der Waals surface area contributed by atoms with Crippen molar-refractivity contribution in [2.45, 2.75) is 28.8 Å². The monoisotopic (exact) mass is 407 g/mol. The first kappa shape index (κ1) is 19.3. The molecule has 0 atom stereocenters. The Kier molecular flexibility index (Phi) is 5.44. The number of hydrogen-bond donors (Lipinski definition) is 0. The van der Waals surface area contributed by atoms with Gasteiger partial charge in [0.1, 0.15) is 0 Å². The largest absolute Gasteiger partial charge is 0.284 e. The average Bonchev–Trinajstić information content (AvgIpc) is 3.05. The maximum atomic E-state index is 12.6. The summed E-state index contributed by atoms with van der Waals surface area (Å²) in [6.45, 7) is 4.01. The molecule has 0 saturated carbocycles. The lowest BCUT2D eigenvalue weighted by Gasteiger charge is -2.18. The maximum Gasteiger partial charge on any atom is 0.284 e. The quantitative estimate of drug-likeness (QED) is 0.437. The lowest BCUT2D eigenvalue weighted by atomic mass is 10.3. The van der Waals surface area contributed by atoms with Crippen LogP contribution in [-0.2, 0) is 10.0 Å².